The molecule has 1 heterocycles. The van der Waals surface area contributed by atoms with Gasteiger partial charge in [0, 0.05) is 12.4 Å². The third kappa shape index (κ3) is 3.06. The summed E-state index contributed by atoms with van der Waals surface area (Å²) in [4.78, 5) is 12.1. The normalized spacial score (nSPS) is 11.0. The van der Waals surface area contributed by atoms with E-state index in [2.05, 4.69) is 14.9 Å². The number of rotatable bonds is 6. The number of phenols is 2. The van der Waals surface area contributed by atoms with Gasteiger partial charge in [0.1, 0.15) is 17.0 Å². The molecule has 0 fully saturated rings. The number of thioether (sulfide) groups is 1. The number of nitrogens with one attached hydrogen (secondary N) is 1. The molecule has 2 aromatic rings. The molecule has 0 aliphatic heterocycles. The van der Waals surface area contributed by atoms with Gasteiger partial charge >= 0.3 is 5.97 Å². The number of benzene rings is 1. The molecule has 0 unspecified atom stereocenters. The number of hydrogen-bond donors (Lipinski definition) is 3. The van der Waals surface area contributed by atoms with Crippen molar-refractivity contribution < 1.29 is 24.5 Å². The topological polar surface area (TPSA) is 105 Å². The van der Waals surface area contributed by atoms with Crippen LogP contribution in [0.5, 0.6) is 11.5 Å². The molecular weight excluding hydrogens is 296 g/mol. The molecule has 0 amide bonds. The molecule has 2 rings (SSSR count). The summed E-state index contributed by atoms with van der Waals surface area (Å²) in [5.74, 6) is -0.284. The maximum atomic E-state index is 11.6. The summed E-state index contributed by atoms with van der Waals surface area (Å²) in [5.41, 5.74) is 0.134. The molecule has 114 valence electrons. The molecule has 21 heavy (non-hydrogen) atoms. The Kier molecular flexibility index (Phi) is 4.92. The van der Waals surface area contributed by atoms with Gasteiger partial charge in [-0.25, -0.2) is 4.79 Å². The van der Waals surface area contributed by atoms with Crippen LogP contribution in [0.25, 0.3) is 10.9 Å². The lowest BCUT2D eigenvalue weighted by Gasteiger charge is -2.07. The van der Waals surface area contributed by atoms with Crippen molar-refractivity contribution in [1.29, 1.82) is 0 Å². The van der Waals surface area contributed by atoms with Gasteiger partial charge in [-0.1, -0.05) is 0 Å². The lowest BCUT2D eigenvalue weighted by molar-refractivity contribution is 0.0596. The van der Waals surface area contributed by atoms with Gasteiger partial charge in [-0.15, -0.1) is 11.8 Å². The van der Waals surface area contributed by atoms with Crippen molar-refractivity contribution in [2.45, 2.75) is 11.8 Å². The number of phenolic OH excluding ortho intramolecular Hbond substituents is 2. The SMILES string of the molecule is CCOCCSc1cc(O)c2n[nH]c(C(=O)OC)c2c1O. The summed E-state index contributed by atoms with van der Waals surface area (Å²) in [7, 11) is 1.23. The van der Waals surface area contributed by atoms with E-state index >= 15 is 0 Å². The number of fused-ring (bicyclic) bond motifs is 1. The molecule has 3 N–H and O–H groups in total. The van der Waals surface area contributed by atoms with Crippen molar-refractivity contribution in [3.05, 3.63) is 11.8 Å². The zero-order valence-electron chi connectivity index (χ0n) is 11.7. The monoisotopic (exact) mass is 312 g/mol. The Morgan fingerprint density at radius 1 is 1.48 bits per heavy atom. The van der Waals surface area contributed by atoms with Crippen LogP contribution in [0.15, 0.2) is 11.0 Å². The van der Waals surface area contributed by atoms with Gasteiger partial charge in [0.25, 0.3) is 0 Å². The molecule has 0 saturated heterocycles. The lowest BCUT2D eigenvalue weighted by Crippen LogP contribution is -2.02. The van der Waals surface area contributed by atoms with Crippen LogP contribution in [0.3, 0.4) is 0 Å². The van der Waals surface area contributed by atoms with Crippen LogP contribution in [0, 0.1) is 0 Å². The van der Waals surface area contributed by atoms with Crippen molar-refractivity contribution in [2.75, 3.05) is 26.1 Å². The van der Waals surface area contributed by atoms with E-state index in [9.17, 15) is 15.0 Å². The average Bonchev–Trinajstić information content (AvgIpc) is 2.93. The van der Waals surface area contributed by atoms with Gasteiger partial charge in [0.2, 0.25) is 0 Å². The fraction of sp³-hybridized carbons (Fsp3) is 0.385. The predicted molar refractivity (Wildman–Crippen MR) is 78.0 cm³/mol. The third-order valence-corrected chi connectivity index (χ3v) is 3.82. The minimum absolute atomic E-state index is 0.00700. The molecule has 0 atom stereocenters. The number of H-pyrrole nitrogens is 1. The van der Waals surface area contributed by atoms with Gasteiger partial charge in [0.05, 0.1) is 24.0 Å². The number of esters is 1. The maximum Gasteiger partial charge on any atom is 0.356 e. The molecule has 0 aliphatic carbocycles. The highest BCUT2D eigenvalue weighted by atomic mass is 32.2. The van der Waals surface area contributed by atoms with E-state index < -0.39 is 5.97 Å². The summed E-state index contributed by atoms with van der Waals surface area (Å²) in [6, 6.07) is 1.41. The fourth-order valence-corrected chi connectivity index (χ4v) is 2.71. The molecule has 7 nitrogen and oxygen atoms in total. The number of hydrogen-bond acceptors (Lipinski definition) is 7. The number of aromatic nitrogens is 2. The van der Waals surface area contributed by atoms with Crippen molar-refractivity contribution >= 4 is 28.6 Å². The fourth-order valence-electron chi connectivity index (χ4n) is 1.86. The van der Waals surface area contributed by atoms with Gasteiger partial charge < -0.3 is 19.7 Å². The van der Waals surface area contributed by atoms with Crippen LogP contribution in [0.4, 0.5) is 0 Å². The second kappa shape index (κ2) is 6.68. The Bertz CT molecular complexity index is 656. The standard InChI is InChI=1S/C13H16N2O5S/c1-3-20-4-5-21-8-6-7(16)10-9(12(8)17)11(15-14-10)13(18)19-2/h6,16-17H,3-5H2,1-2H3,(H,14,15). The molecule has 0 radical (unpaired) electrons. The van der Waals surface area contributed by atoms with E-state index in [-0.39, 0.29) is 28.1 Å². The van der Waals surface area contributed by atoms with Crippen molar-refractivity contribution in [3.8, 4) is 11.5 Å². The molecular formula is C13H16N2O5S. The largest absolute Gasteiger partial charge is 0.506 e. The van der Waals surface area contributed by atoms with Gasteiger partial charge in [-0.05, 0) is 13.0 Å². The van der Waals surface area contributed by atoms with Crippen LogP contribution >= 0.6 is 11.8 Å². The van der Waals surface area contributed by atoms with Crippen molar-refractivity contribution in [1.82, 2.24) is 10.2 Å². The van der Waals surface area contributed by atoms with E-state index in [0.717, 1.165) is 0 Å². The van der Waals surface area contributed by atoms with Gasteiger partial charge in [0.15, 0.2) is 5.69 Å². The number of aromatic hydroxyl groups is 2. The van der Waals surface area contributed by atoms with E-state index in [4.69, 9.17) is 4.74 Å². The van der Waals surface area contributed by atoms with Crippen LogP contribution < -0.4 is 0 Å². The maximum absolute atomic E-state index is 11.6. The number of methoxy groups -OCH3 is 1. The first-order valence-electron chi connectivity index (χ1n) is 6.32. The molecule has 0 aliphatic rings. The number of carbonyl (C=O) groups is 1. The summed E-state index contributed by atoms with van der Waals surface area (Å²) in [6.45, 7) is 3.04. The molecule has 0 saturated carbocycles. The summed E-state index contributed by atoms with van der Waals surface area (Å²) in [6.07, 6.45) is 0. The minimum Gasteiger partial charge on any atom is -0.506 e. The first-order valence-corrected chi connectivity index (χ1v) is 7.30. The first-order chi connectivity index (χ1) is 10.1. The van der Waals surface area contributed by atoms with Gasteiger partial charge in [-0.2, -0.15) is 5.10 Å². The third-order valence-electron chi connectivity index (χ3n) is 2.83. The smallest absolute Gasteiger partial charge is 0.356 e. The van der Waals surface area contributed by atoms with Crippen LogP contribution in [0.2, 0.25) is 0 Å². The van der Waals surface area contributed by atoms with Crippen LogP contribution in [-0.2, 0) is 9.47 Å². The van der Waals surface area contributed by atoms with E-state index in [1.165, 1.54) is 24.9 Å². The Balaban J connectivity index is 2.39. The quantitative estimate of drug-likeness (QED) is 0.324. The zero-order chi connectivity index (χ0) is 15.4. The van der Waals surface area contributed by atoms with E-state index in [0.29, 0.717) is 23.9 Å². The molecule has 1 aromatic carbocycles. The van der Waals surface area contributed by atoms with E-state index in [1.807, 2.05) is 6.92 Å². The van der Waals surface area contributed by atoms with Crippen molar-refractivity contribution in [3.63, 3.8) is 0 Å². The average molecular weight is 312 g/mol. The van der Waals surface area contributed by atoms with Crippen LogP contribution in [-0.4, -0.2) is 52.5 Å². The Hall–Kier alpha value is -1.93. The highest BCUT2D eigenvalue weighted by Crippen LogP contribution is 2.41. The summed E-state index contributed by atoms with van der Waals surface area (Å²) >= 11 is 1.32. The Morgan fingerprint density at radius 3 is 2.90 bits per heavy atom. The Labute approximate surface area is 125 Å². The minimum atomic E-state index is -0.663. The Morgan fingerprint density at radius 2 is 2.24 bits per heavy atom. The second-order valence-corrected chi connectivity index (χ2v) is 5.24. The molecule has 0 spiro atoms. The van der Waals surface area contributed by atoms with Gasteiger partial charge in [-0.3, -0.25) is 5.10 Å². The molecule has 0 bridgehead atoms. The molecule has 1 aromatic heterocycles. The highest BCUT2D eigenvalue weighted by molar-refractivity contribution is 7.99. The zero-order valence-corrected chi connectivity index (χ0v) is 12.5. The lowest BCUT2D eigenvalue weighted by atomic mass is 10.1. The highest BCUT2D eigenvalue weighted by Gasteiger charge is 2.22. The number of ether oxygens (including phenoxy) is 2. The number of nitrogens with zero attached hydrogens (tertiary/aromatic N) is 1. The van der Waals surface area contributed by atoms with Crippen LogP contribution in [0.1, 0.15) is 17.4 Å². The van der Waals surface area contributed by atoms with Crippen molar-refractivity contribution in [2.24, 2.45) is 0 Å². The second-order valence-electron chi connectivity index (χ2n) is 4.10. The predicted octanol–water partition coefficient (Wildman–Crippen LogP) is 1.89. The first kappa shape index (κ1) is 15.5. The summed E-state index contributed by atoms with van der Waals surface area (Å²) < 4.78 is 9.84. The molecule has 8 heteroatoms. The van der Waals surface area contributed by atoms with E-state index in [1.54, 1.807) is 0 Å². The summed E-state index contributed by atoms with van der Waals surface area (Å²) in [5, 5.41) is 26.7. The number of aromatic amines is 1. The number of carbonyl (C=O) groups excluding carboxylic acids is 1.